The minimum atomic E-state index is 0.0946. The van der Waals surface area contributed by atoms with Crippen LogP contribution in [0.25, 0.3) is 0 Å². The van der Waals surface area contributed by atoms with Crippen LogP contribution in [0.1, 0.15) is 13.3 Å². The molecule has 1 aromatic rings. The lowest BCUT2D eigenvalue weighted by Crippen LogP contribution is -2.11. The van der Waals surface area contributed by atoms with E-state index in [4.69, 9.17) is 0 Å². The van der Waals surface area contributed by atoms with Crippen LogP contribution in [0.4, 0.5) is 5.69 Å². The largest absolute Gasteiger partial charge is 0.326 e. The van der Waals surface area contributed by atoms with Crippen LogP contribution < -0.4 is 5.32 Å². The molecule has 0 aromatic heterocycles. The van der Waals surface area contributed by atoms with Crippen molar-refractivity contribution in [1.82, 2.24) is 0 Å². The second kappa shape index (κ2) is 6.49. The molecule has 0 saturated carbocycles. The van der Waals surface area contributed by atoms with E-state index in [0.29, 0.717) is 6.42 Å². The fourth-order valence-corrected chi connectivity index (χ4v) is 1.67. The Hall–Kier alpha value is -0.960. The van der Waals surface area contributed by atoms with Crippen LogP contribution in [0.15, 0.2) is 30.3 Å². The Labute approximate surface area is 89.1 Å². The van der Waals surface area contributed by atoms with E-state index < -0.39 is 0 Å². The average molecular weight is 209 g/mol. The Kier molecular flexibility index (Phi) is 5.15. The molecule has 0 heterocycles. The predicted molar refractivity (Wildman–Crippen MR) is 62.7 cm³/mol. The molecule has 0 bridgehead atoms. The van der Waals surface area contributed by atoms with Gasteiger partial charge in [0.1, 0.15) is 0 Å². The van der Waals surface area contributed by atoms with E-state index in [1.54, 1.807) is 11.8 Å². The first-order chi connectivity index (χ1) is 6.83. The van der Waals surface area contributed by atoms with E-state index in [2.05, 4.69) is 12.2 Å². The van der Waals surface area contributed by atoms with Crippen molar-refractivity contribution in [3.05, 3.63) is 30.3 Å². The maximum Gasteiger partial charge on any atom is 0.225 e. The Balaban J connectivity index is 2.27. The van der Waals surface area contributed by atoms with Gasteiger partial charge in [-0.25, -0.2) is 0 Å². The van der Waals surface area contributed by atoms with Gasteiger partial charge < -0.3 is 5.32 Å². The van der Waals surface area contributed by atoms with Gasteiger partial charge in [-0.1, -0.05) is 25.1 Å². The topological polar surface area (TPSA) is 29.1 Å². The molecule has 3 heteroatoms. The number of carbonyl (C=O) groups excluding carboxylic acids is 1. The molecule has 0 saturated heterocycles. The monoisotopic (exact) mass is 209 g/mol. The van der Waals surface area contributed by atoms with E-state index in [1.165, 1.54) is 0 Å². The molecule has 14 heavy (non-hydrogen) atoms. The number of rotatable bonds is 5. The summed E-state index contributed by atoms with van der Waals surface area (Å²) in [6, 6.07) is 9.55. The molecule has 2 nitrogen and oxygen atoms in total. The number of hydrogen-bond donors (Lipinski definition) is 1. The van der Waals surface area contributed by atoms with Gasteiger partial charge in [-0.2, -0.15) is 11.8 Å². The highest BCUT2D eigenvalue weighted by Crippen LogP contribution is 2.07. The molecule has 1 amide bonds. The lowest BCUT2D eigenvalue weighted by atomic mass is 10.3. The summed E-state index contributed by atoms with van der Waals surface area (Å²) in [5, 5.41) is 2.85. The van der Waals surface area contributed by atoms with Gasteiger partial charge in [0.25, 0.3) is 0 Å². The lowest BCUT2D eigenvalue weighted by Gasteiger charge is -2.03. The SMILES string of the molecule is CCSCCC(=O)Nc1ccccc1. The van der Waals surface area contributed by atoms with Crippen molar-refractivity contribution < 1.29 is 4.79 Å². The molecule has 0 radical (unpaired) electrons. The third kappa shape index (κ3) is 4.33. The number of hydrogen-bond acceptors (Lipinski definition) is 2. The summed E-state index contributed by atoms with van der Waals surface area (Å²) >= 11 is 1.79. The second-order valence-corrected chi connectivity index (χ2v) is 4.25. The maximum absolute atomic E-state index is 11.4. The summed E-state index contributed by atoms with van der Waals surface area (Å²) in [7, 11) is 0. The Bertz CT molecular complexity index is 274. The molecule has 0 atom stereocenters. The molecule has 0 aliphatic carbocycles. The van der Waals surface area contributed by atoms with Crippen LogP contribution in [0.2, 0.25) is 0 Å². The van der Waals surface area contributed by atoms with Gasteiger partial charge in [0, 0.05) is 17.9 Å². The standard InChI is InChI=1S/C11H15NOS/c1-2-14-9-8-11(13)12-10-6-4-3-5-7-10/h3-7H,2,8-9H2,1H3,(H,12,13). The first kappa shape index (κ1) is 11.1. The smallest absolute Gasteiger partial charge is 0.225 e. The summed E-state index contributed by atoms with van der Waals surface area (Å²) in [5.74, 6) is 2.06. The lowest BCUT2D eigenvalue weighted by molar-refractivity contribution is -0.115. The number of carbonyl (C=O) groups is 1. The minimum Gasteiger partial charge on any atom is -0.326 e. The summed E-state index contributed by atoms with van der Waals surface area (Å²) in [5.41, 5.74) is 0.874. The first-order valence-electron chi connectivity index (χ1n) is 4.75. The van der Waals surface area contributed by atoms with Crippen LogP contribution in [-0.2, 0) is 4.79 Å². The molecule has 0 aliphatic rings. The Morgan fingerprint density at radius 2 is 2.07 bits per heavy atom. The fraction of sp³-hybridized carbons (Fsp3) is 0.364. The van der Waals surface area contributed by atoms with E-state index >= 15 is 0 Å². The van der Waals surface area contributed by atoms with Gasteiger partial charge in [0.15, 0.2) is 0 Å². The summed E-state index contributed by atoms with van der Waals surface area (Å²) in [4.78, 5) is 11.4. The number of amides is 1. The quantitative estimate of drug-likeness (QED) is 0.755. The zero-order chi connectivity index (χ0) is 10.2. The molecule has 0 spiro atoms. The first-order valence-corrected chi connectivity index (χ1v) is 5.91. The van der Waals surface area contributed by atoms with Gasteiger partial charge in [-0.05, 0) is 17.9 Å². The summed E-state index contributed by atoms with van der Waals surface area (Å²) in [6.07, 6.45) is 0.591. The van der Waals surface area contributed by atoms with Crippen molar-refractivity contribution in [1.29, 1.82) is 0 Å². The Morgan fingerprint density at radius 1 is 1.36 bits per heavy atom. The molecule has 0 unspecified atom stereocenters. The third-order valence-corrected chi connectivity index (χ3v) is 2.64. The van der Waals surface area contributed by atoms with Crippen molar-refractivity contribution >= 4 is 23.4 Å². The van der Waals surface area contributed by atoms with Gasteiger partial charge in [-0.15, -0.1) is 0 Å². The zero-order valence-electron chi connectivity index (χ0n) is 8.32. The van der Waals surface area contributed by atoms with Gasteiger partial charge >= 0.3 is 0 Å². The highest BCUT2D eigenvalue weighted by Gasteiger charge is 2.00. The summed E-state index contributed by atoms with van der Waals surface area (Å²) in [6.45, 7) is 2.10. The number of para-hydroxylation sites is 1. The van der Waals surface area contributed by atoms with Gasteiger partial charge in [0.2, 0.25) is 5.91 Å². The normalized spacial score (nSPS) is 9.79. The zero-order valence-corrected chi connectivity index (χ0v) is 9.14. The van der Waals surface area contributed by atoms with Crippen LogP contribution in [0, 0.1) is 0 Å². The molecule has 1 rings (SSSR count). The predicted octanol–water partition coefficient (Wildman–Crippen LogP) is 2.77. The summed E-state index contributed by atoms with van der Waals surface area (Å²) < 4.78 is 0. The number of anilines is 1. The molecule has 76 valence electrons. The maximum atomic E-state index is 11.4. The van der Waals surface area contributed by atoms with E-state index in [1.807, 2.05) is 30.3 Å². The highest BCUT2D eigenvalue weighted by atomic mass is 32.2. The van der Waals surface area contributed by atoms with Crippen LogP contribution >= 0.6 is 11.8 Å². The van der Waals surface area contributed by atoms with E-state index in [9.17, 15) is 4.79 Å². The van der Waals surface area contributed by atoms with Crippen molar-refractivity contribution in [3.63, 3.8) is 0 Å². The number of benzene rings is 1. The number of nitrogens with one attached hydrogen (secondary N) is 1. The molecule has 0 aliphatic heterocycles. The molecule has 1 aromatic carbocycles. The highest BCUT2D eigenvalue weighted by molar-refractivity contribution is 7.99. The van der Waals surface area contributed by atoms with Crippen LogP contribution in [0.5, 0.6) is 0 Å². The van der Waals surface area contributed by atoms with E-state index in [-0.39, 0.29) is 5.91 Å². The van der Waals surface area contributed by atoms with Crippen molar-refractivity contribution in [2.24, 2.45) is 0 Å². The van der Waals surface area contributed by atoms with Crippen molar-refractivity contribution in [2.75, 3.05) is 16.8 Å². The van der Waals surface area contributed by atoms with Crippen molar-refractivity contribution in [2.45, 2.75) is 13.3 Å². The van der Waals surface area contributed by atoms with Gasteiger partial charge in [0.05, 0.1) is 0 Å². The average Bonchev–Trinajstić information content (AvgIpc) is 2.20. The van der Waals surface area contributed by atoms with Gasteiger partial charge in [-0.3, -0.25) is 4.79 Å². The van der Waals surface area contributed by atoms with Crippen LogP contribution in [0.3, 0.4) is 0 Å². The molecular formula is C11H15NOS. The molecule has 1 N–H and O–H groups in total. The van der Waals surface area contributed by atoms with Crippen LogP contribution in [-0.4, -0.2) is 17.4 Å². The second-order valence-electron chi connectivity index (χ2n) is 2.86. The fourth-order valence-electron chi connectivity index (χ4n) is 1.05. The van der Waals surface area contributed by atoms with Crippen molar-refractivity contribution in [3.8, 4) is 0 Å². The third-order valence-electron chi connectivity index (χ3n) is 1.74. The van der Waals surface area contributed by atoms with E-state index in [0.717, 1.165) is 17.2 Å². The minimum absolute atomic E-state index is 0.0946. The molecule has 0 fully saturated rings. The molecular weight excluding hydrogens is 194 g/mol. The number of thioether (sulfide) groups is 1. The Morgan fingerprint density at radius 3 is 2.71 bits per heavy atom.